The molecule has 0 unspecified atom stereocenters. The third kappa shape index (κ3) is 6.28. The Bertz CT molecular complexity index is 834. The minimum atomic E-state index is 0.134. The molecule has 6 nitrogen and oxygen atoms in total. The van der Waals surface area contributed by atoms with Crippen molar-refractivity contribution in [1.29, 1.82) is 0 Å². The summed E-state index contributed by atoms with van der Waals surface area (Å²) in [6.07, 6.45) is 9.96. The second-order valence-electron chi connectivity index (χ2n) is 8.86. The van der Waals surface area contributed by atoms with Gasteiger partial charge in [-0.1, -0.05) is 11.6 Å². The van der Waals surface area contributed by atoms with Crippen molar-refractivity contribution in [2.45, 2.75) is 45.2 Å². The standard InChI is InChI=1S/C25H34N4O2/c1-20(17-24-6-4-16-31-24)19-28-12-9-23(10-13-28)29-14-7-21(8-15-29)25(30)27-18-22-5-2-3-11-26-22/h2-6,11,16-17,21,23H,7-10,12-15,18-19H2,1H3,(H,27,30). The molecule has 1 amide bonds. The zero-order valence-electron chi connectivity index (χ0n) is 18.5. The van der Waals surface area contributed by atoms with Crippen LogP contribution in [-0.4, -0.2) is 59.5 Å². The van der Waals surface area contributed by atoms with Crippen molar-refractivity contribution in [2.24, 2.45) is 5.92 Å². The van der Waals surface area contributed by atoms with E-state index in [-0.39, 0.29) is 11.8 Å². The lowest BCUT2D eigenvalue weighted by molar-refractivity contribution is -0.126. The van der Waals surface area contributed by atoms with Gasteiger partial charge < -0.3 is 14.6 Å². The molecule has 2 aliphatic rings. The maximum Gasteiger partial charge on any atom is 0.223 e. The minimum Gasteiger partial charge on any atom is -0.465 e. The van der Waals surface area contributed by atoms with Gasteiger partial charge in [-0.2, -0.15) is 0 Å². The third-order valence-corrected chi connectivity index (χ3v) is 6.55. The van der Waals surface area contributed by atoms with Crippen LogP contribution in [0.4, 0.5) is 0 Å². The van der Waals surface area contributed by atoms with Crippen molar-refractivity contribution in [3.8, 4) is 0 Å². The quantitative estimate of drug-likeness (QED) is 0.739. The molecule has 0 aliphatic carbocycles. The average molecular weight is 423 g/mol. The number of hydrogen-bond acceptors (Lipinski definition) is 5. The second kappa shape index (κ2) is 10.7. The molecule has 2 fully saturated rings. The monoisotopic (exact) mass is 422 g/mol. The molecule has 1 N–H and O–H groups in total. The smallest absolute Gasteiger partial charge is 0.223 e. The first-order chi connectivity index (χ1) is 15.2. The van der Waals surface area contributed by atoms with E-state index in [4.69, 9.17) is 4.42 Å². The molecular formula is C25H34N4O2. The van der Waals surface area contributed by atoms with Crippen LogP contribution >= 0.6 is 0 Å². The molecule has 166 valence electrons. The molecule has 0 bridgehead atoms. The fraction of sp³-hybridized carbons (Fsp3) is 0.520. The SMILES string of the molecule is CC(=Cc1ccco1)CN1CCC(N2CCC(C(=O)NCc3ccccn3)CC2)CC1. The highest BCUT2D eigenvalue weighted by atomic mass is 16.3. The number of likely N-dealkylation sites (tertiary alicyclic amines) is 2. The minimum absolute atomic E-state index is 0.134. The number of amides is 1. The number of nitrogens with zero attached hydrogens (tertiary/aromatic N) is 3. The van der Waals surface area contributed by atoms with Crippen LogP contribution in [0, 0.1) is 5.92 Å². The summed E-state index contributed by atoms with van der Waals surface area (Å²) in [5.41, 5.74) is 2.25. The highest BCUT2D eigenvalue weighted by Gasteiger charge is 2.30. The maximum atomic E-state index is 12.5. The van der Waals surface area contributed by atoms with Gasteiger partial charge in [0.2, 0.25) is 5.91 Å². The highest BCUT2D eigenvalue weighted by Crippen LogP contribution is 2.24. The van der Waals surface area contributed by atoms with E-state index in [1.54, 1.807) is 12.5 Å². The summed E-state index contributed by atoms with van der Waals surface area (Å²) in [7, 11) is 0. The van der Waals surface area contributed by atoms with Gasteiger partial charge >= 0.3 is 0 Å². The summed E-state index contributed by atoms with van der Waals surface area (Å²) in [5, 5.41) is 3.06. The fourth-order valence-corrected chi connectivity index (χ4v) is 4.81. The lowest BCUT2D eigenvalue weighted by atomic mass is 9.92. The number of hydrogen-bond donors (Lipinski definition) is 1. The summed E-state index contributed by atoms with van der Waals surface area (Å²) < 4.78 is 5.42. The van der Waals surface area contributed by atoms with E-state index >= 15 is 0 Å². The van der Waals surface area contributed by atoms with E-state index in [1.165, 1.54) is 18.4 Å². The van der Waals surface area contributed by atoms with Crippen molar-refractivity contribution in [1.82, 2.24) is 20.1 Å². The van der Waals surface area contributed by atoms with E-state index in [0.717, 1.165) is 57.0 Å². The predicted molar refractivity (Wildman–Crippen MR) is 122 cm³/mol. The maximum absolute atomic E-state index is 12.5. The molecule has 2 aromatic heterocycles. The van der Waals surface area contributed by atoms with Gasteiger partial charge in [0, 0.05) is 24.7 Å². The van der Waals surface area contributed by atoms with Gasteiger partial charge in [-0.15, -0.1) is 0 Å². The Morgan fingerprint density at radius 2 is 1.94 bits per heavy atom. The lowest BCUT2D eigenvalue weighted by Gasteiger charge is -2.41. The summed E-state index contributed by atoms with van der Waals surface area (Å²) in [4.78, 5) is 22.0. The Morgan fingerprint density at radius 3 is 2.61 bits per heavy atom. The Balaban J connectivity index is 1.16. The van der Waals surface area contributed by atoms with E-state index in [9.17, 15) is 4.79 Å². The number of carbonyl (C=O) groups excluding carboxylic acids is 1. The zero-order valence-corrected chi connectivity index (χ0v) is 18.5. The molecule has 2 aliphatic heterocycles. The number of pyridine rings is 1. The first-order valence-electron chi connectivity index (χ1n) is 11.5. The summed E-state index contributed by atoms with van der Waals surface area (Å²) in [6, 6.07) is 10.4. The molecule has 2 aromatic rings. The number of nitrogens with one attached hydrogen (secondary N) is 1. The van der Waals surface area contributed by atoms with Crippen molar-refractivity contribution in [2.75, 3.05) is 32.7 Å². The molecule has 0 atom stereocenters. The zero-order chi connectivity index (χ0) is 21.5. The van der Waals surface area contributed by atoms with Gasteiger partial charge in [-0.25, -0.2) is 0 Å². The van der Waals surface area contributed by atoms with Crippen molar-refractivity contribution < 1.29 is 9.21 Å². The Morgan fingerprint density at radius 1 is 1.13 bits per heavy atom. The number of aromatic nitrogens is 1. The van der Waals surface area contributed by atoms with Crippen LogP contribution in [0.15, 0.2) is 52.8 Å². The van der Waals surface area contributed by atoms with Crippen LogP contribution < -0.4 is 5.32 Å². The molecule has 4 heterocycles. The molecule has 0 spiro atoms. The van der Waals surface area contributed by atoms with Crippen LogP contribution in [0.1, 0.15) is 44.1 Å². The number of carbonyl (C=O) groups is 1. The lowest BCUT2D eigenvalue weighted by Crippen LogP contribution is -2.49. The fourth-order valence-electron chi connectivity index (χ4n) is 4.81. The molecule has 0 radical (unpaired) electrons. The normalized spacial score (nSPS) is 20.1. The van der Waals surface area contributed by atoms with Crippen molar-refractivity contribution in [3.63, 3.8) is 0 Å². The van der Waals surface area contributed by atoms with Gasteiger partial charge in [-0.3, -0.25) is 14.7 Å². The number of furan rings is 1. The molecule has 0 saturated carbocycles. The molecule has 31 heavy (non-hydrogen) atoms. The van der Waals surface area contributed by atoms with Crippen LogP contribution in [0.5, 0.6) is 0 Å². The molecule has 6 heteroatoms. The average Bonchev–Trinajstić information content (AvgIpc) is 3.32. The first-order valence-corrected chi connectivity index (χ1v) is 11.5. The van der Waals surface area contributed by atoms with Crippen molar-refractivity contribution >= 4 is 12.0 Å². The number of rotatable bonds is 7. The molecule has 4 rings (SSSR count). The Labute approximate surface area is 185 Å². The molecule has 0 aromatic carbocycles. The van der Waals surface area contributed by atoms with E-state index < -0.39 is 0 Å². The first kappa shape index (κ1) is 21.8. The van der Waals surface area contributed by atoms with Crippen LogP contribution in [0.2, 0.25) is 0 Å². The van der Waals surface area contributed by atoms with Gasteiger partial charge in [0.25, 0.3) is 0 Å². The molecule has 2 saturated heterocycles. The van der Waals surface area contributed by atoms with Crippen LogP contribution in [0.3, 0.4) is 0 Å². The van der Waals surface area contributed by atoms with Gasteiger partial charge in [0.15, 0.2) is 0 Å². The Kier molecular flexibility index (Phi) is 7.54. The van der Waals surface area contributed by atoms with E-state index in [2.05, 4.69) is 33.1 Å². The van der Waals surface area contributed by atoms with Crippen molar-refractivity contribution in [3.05, 3.63) is 59.8 Å². The van der Waals surface area contributed by atoms with Gasteiger partial charge in [0.1, 0.15) is 5.76 Å². The summed E-state index contributed by atoms with van der Waals surface area (Å²) in [5.74, 6) is 1.24. The van der Waals surface area contributed by atoms with E-state index in [1.807, 2.05) is 30.3 Å². The third-order valence-electron chi connectivity index (χ3n) is 6.55. The van der Waals surface area contributed by atoms with E-state index in [0.29, 0.717) is 12.6 Å². The molecular weight excluding hydrogens is 388 g/mol. The second-order valence-corrected chi connectivity index (χ2v) is 8.86. The number of piperidine rings is 2. The van der Waals surface area contributed by atoms with Crippen LogP contribution in [0.25, 0.3) is 6.08 Å². The topological polar surface area (TPSA) is 61.6 Å². The Hall–Kier alpha value is -2.44. The summed E-state index contributed by atoms with van der Waals surface area (Å²) >= 11 is 0. The van der Waals surface area contributed by atoms with Crippen LogP contribution in [-0.2, 0) is 11.3 Å². The highest BCUT2D eigenvalue weighted by molar-refractivity contribution is 5.78. The predicted octanol–water partition coefficient (Wildman–Crippen LogP) is 3.57. The van der Waals surface area contributed by atoms with Gasteiger partial charge in [0.05, 0.1) is 18.5 Å². The van der Waals surface area contributed by atoms with Gasteiger partial charge in [-0.05, 0) is 89.1 Å². The summed E-state index contributed by atoms with van der Waals surface area (Å²) in [6.45, 7) is 8.04. The largest absolute Gasteiger partial charge is 0.465 e.